The Bertz CT molecular complexity index is 345. The van der Waals surface area contributed by atoms with E-state index in [0.717, 1.165) is 0 Å². The number of rotatable bonds is 14. The first-order valence-corrected chi connectivity index (χ1v) is 7.40. The number of halogens is 8. The first-order valence-electron chi connectivity index (χ1n) is 7.40. The summed E-state index contributed by atoms with van der Waals surface area (Å²) >= 11 is 0. The summed E-state index contributed by atoms with van der Waals surface area (Å²) in [7, 11) is 0. The summed E-state index contributed by atoms with van der Waals surface area (Å²) in [6.07, 6.45) is -20.2. The maximum absolute atomic E-state index is 13.1. The summed E-state index contributed by atoms with van der Waals surface area (Å²) in [5.74, 6) is 0. The average molecular weight is 392 g/mol. The zero-order valence-electron chi connectivity index (χ0n) is 13.6. The van der Waals surface area contributed by atoms with Crippen molar-refractivity contribution in [2.24, 2.45) is 0 Å². The molecule has 0 aliphatic rings. The van der Waals surface area contributed by atoms with E-state index in [9.17, 15) is 35.1 Å². The van der Waals surface area contributed by atoms with Gasteiger partial charge in [-0.15, -0.1) is 0 Å². The Hall–Kier alpha value is -0.720. The zero-order valence-corrected chi connectivity index (χ0v) is 13.6. The summed E-state index contributed by atoms with van der Waals surface area (Å²) in [5.41, 5.74) is 0. The summed E-state index contributed by atoms with van der Waals surface area (Å²) in [4.78, 5) is 0. The van der Waals surface area contributed by atoms with Gasteiger partial charge in [0.1, 0.15) is 0 Å². The summed E-state index contributed by atoms with van der Waals surface area (Å²) in [6.45, 7) is -0.589. The number of hydrogen-bond acceptors (Lipinski definition) is 4. The molecule has 0 spiro atoms. The quantitative estimate of drug-likeness (QED) is 0.237. The molecule has 0 aromatic carbocycles. The Morgan fingerprint density at radius 3 is 1.08 bits per heavy atom. The van der Waals surface area contributed by atoms with Crippen LogP contribution in [0.2, 0.25) is 0 Å². The van der Waals surface area contributed by atoms with Crippen molar-refractivity contribution in [3.8, 4) is 0 Å². The number of hydrogen-bond donors (Lipinski definition) is 0. The molecule has 0 aliphatic carbocycles. The number of ether oxygens (including phenoxy) is 4. The van der Waals surface area contributed by atoms with Crippen molar-refractivity contribution in [2.75, 3.05) is 20.0 Å². The van der Waals surface area contributed by atoms with Crippen molar-refractivity contribution >= 4 is 0 Å². The molecule has 0 bridgehead atoms. The molecule has 0 aromatic heterocycles. The van der Waals surface area contributed by atoms with Gasteiger partial charge in [-0.05, 0) is 12.8 Å². The van der Waals surface area contributed by atoms with Gasteiger partial charge in [0.25, 0.3) is 0 Å². The molecule has 25 heavy (non-hydrogen) atoms. The molecule has 0 rings (SSSR count). The van der Waals surface area contributed by atoms with E-state index in [0.29, 0.717) is 12.8 Å². The molecule has 12 heteroatoms. The molecular weight excluding hydrogens is 372 g/mol. The number of unbranched alkanes of at least 4 members (excludes halogenated alkanes) is 2. The molecule has 0 N–H and O–H groups in total. The van der Waals surface area contributed by atoms with Crippen LogP contribution in [0.25, 0.3) is 0 Å². The molecule has 0 atom stereocenters. The van der Waals surface area contributed by atoms with E-state index in [1.54, 1.807) is 13.8 Å². The minimum Gasteiger partial charge on any atom is -0.313 e. The van der Waals surface area contributed by atoms with Crippen LogP contribution in [0.3, 0.4) is 0 Å². The average Bonchev–Trinajstić information content (AvgIpc) is 2.46. The monoisotopic (exact) mass is 392 g/mol. The predicted octanol–water partition coefficient (Wildman–Crippen LogP) is 4.98. The van der Waals surface area contributed by atoms with E-state index < -0.39 is 44.4 Å². The molecule has 152 valence electrons. The Morgan fingerprint density at radius 1 is 0.520 bits per heavy atom. The molecule has 4 nitrogen and oxygen atoms in total. The van der Waals surface area contributed by atoms with Gasteiger partial charge in [0.05, 0.1) is 13.2 Å². The van der Waals surface area contributed by atoms with Crippen LogP contribution in [-0.2, 0) is 18.9 Å². The maximum Gasteiger partial charge on any atom is 0.450 e. The first-order chi connectivity index (χ1) is 11.3. The fourth-order valence-corrected chi connectivity index (χ4v) is 1.20. The highest BCUT2D eigenvalue weighted by Crippen LogP contribution is 2.39. The SMILES string of the molecule is CCCCOC(F)(F)C(F)(F)OCOC(F)(F)C(F)(F)OCCCC. The molecule has 0 fully saturated rings. The van der Waals surface area contributed by atoms with Gasteiger partial charge in [0.15, 0.2) is 6.79 Å². The highest BCUT2D eigenvalue weighted by molar-refractivity contribution is 4.68. The van der Waals surface area contributed by atoms with Crippen molar-refractivity contribution in [3.05, 3.63) is 0 Å². The third kappa shape index (κ3) is 7.59. The van der Waals surface area contributed by atoms with Crippen LogP contribution in [0.1, 0.15) is 39.5 Å². The van der Waals surface area contributed by atoms with Crippen LogP contribution in [0.5, 0.6) is 0 Å². The first kappa shape index (κ1) is 24.3. The van der Waals surface area contributed by atoms with Crippen molar-refractivity contribution in [1.29, 1.82) is 0 Å². The van der Waals surface area contributed by atoms with Gasteiger partial charge in [-0.2, -0.15) is 35.1 Å². The molecular formula is C13H20F8O4. The van der Waals surface area contributed by atoms with E-state index in [2.05, 4.69) is 18.9 Å². The van der Waals surface area contributed by atoms with Crippen LogP contribution < -0.4 is 0 Å². The van der Waals surface area contributed by atoms with Gasteiger partial charge >= 0.3 is 24.4 Å². The summed E-state index contributed by atoms with van der Waals surface area (Å²) in [5, 5.41) is 0. The third-order valence-corrected chi connectivity index (χ3v) is 2.72. The van der Waals surface area contributed by atoms with Crippen LogP contribution in [0, 0.1) is 0 Å². The Balaban J connectivity index is 4.58. The lowest BCUT2D eigenvalue weighted by molar-refractivity contribution is -0.477. The van der Waals surface area contributed by atoms with Gasteiger partial charge in [-0.1, -0.05) is 26.7 Å². The van der Waals surface area contributed by atoms with Crippen LogP contribution >= 0.6 is 0 Å². The van der Waals surface area contributed by atoms with E-state index in [1.165, 1.54) is 0 Å². The van der Waals surface area contributed by atoms with E-state index in [1.807, 2.05) is 0 Å². The summed E-state index contributed by atoms with van der Waals surface area (Å²) < 4.78 is 118. The van der Waals surface area contributed by atoms with Gasteiger partial charge in [-0.25, -0.2) is 0 Å². The standard InChI is InChI=1S/C13H20F8O4/c1-3-5-7-22-10(14,15)12(18,19)24-9-25-13(20,21)11(16,17)23-8-6-4-2/h3-9H2,1-2H3. The van der Waals surface area contributed by atoms with Crippen molar-refractivity contribution in [2.45, 2.75) is 64.0 Å². The maximum atomic E-state index is 13.1. The van der Waals surface area contributed by atoms with Gasteiger partial charge < -0.3 is 9.47 Å². The minimum absolute atomic E-state index is 0.0293. The topological polar surface area (TPSA) is 36.9 Å². The molecule has 0 unspecified atom stereocenters. The normalized spacial score (nSPS) is 14.2. The van der Waals surface area contributed by atoms with Crippen LogP contribution in [0.15, 0.2) is 0 Å². The smallest absolute Gasteiger partial charge is 0.313 e. The second-order valence-corrected chi connectivity index (χ2v) is 4.88. The van der Waals surface area contributed by atoms with E-state index in [-0.39, 0.29) is 12.8 Å². The predicted molar refractivity (Wildman–Crippen MR) is 68.5 cm³/mol. The van der Waals surface area contributed by atoms with E-state index >= 15 is 0 Å². The van der Waals surface area contributed by atoms with Crippen LogP contribution in [-0.4, -0.2) is 44.4 Å². The lowest BCUT2D eigenvalue weighted by atomic mass is 10.4. The molecule has 0 amide bonds. The van der Waals surface area contributed by atoms with Crippen molar-refractivity contribution in [3.63, 3.8) is 0 Å². The Morgan fingerprint density at radius 2 is 0.800 bits per heavy atom. The fourth-order valence-electron chi connectivity index (χ4n) is 1.20. The molecule has 0 radical (unpaired) electrons. The van der Waals surface area contributed by atoms with Gasteiger partial charge in [0.2, 0.25) is 0 Å². The summed E-state index contributed by atoms with van der Waals surface area (Å²) in [6, 6.07) is 0. The van der Waals surface area contributed by atoms with E-state index in [4.69, 9.17) is 0 Å². The van der Waals surface area contributed by atoms with Gasteiger partial charge in [-0.3, -0.25) is 9.47 Å². The molecule has 0 aliphatic heterocycles. The highest BCUT2D eigenvalue weighted by Gasteiger charge is 2.63. The van der Waals surface area contributed by atoms with Crippen LogP contribution in [0.4, 0.5) is 35.1 Å². The lowest BCUT2D eigenvalue weighted by Gasteiger charge is -2.28. The second-order valence-electron chi connectivity index (χ2n) is 4.88. The minimum atomic E-state index is -5.37. The Labute approximate surface area is 139 Å². The molecule has 0 aromatic rings. The van der Waals surface area contributed by atoms with Crippen molar-refractivity contribution in [1.82, 2.24) is 0 Å². The lowest BCUT2D eigenvalue weighted by Crippen LogP contribution is -2.49. The van der Waals surface area contributed by atoms with Crippen molar-refractivity contribution < 1.29 is 54.1 Å². The zero-order chi connectivity index (χ0) is 19.8. The number of alkyl halides is 8. The molecule has 0 saturated heterocycles. The Kier molecular flexibility index (Phi) is 9.55. The second kappa shape index (κ2) is 9.83. The molecule has 0 heterocycles. The molecule has 0 saturated carbocycles. The fraction of sp³-hybridized carbons (Fsp3) is 1.00. The largest absolute Gasteiger partial charge is 0.450 e. The van der Waals surface area contributed by atoms with Gasteiger partial charge in [0, 0.05) is 0 Å². The highest BCUT2D eigenvalue weighted by atomic mass is 19.3. The third-order valence-electron chi connectivity index (χ3n) is 2.72.